The summed E-state index contributed by atoms with van der Waals surface area (Å²) in [6.07, 6.45) is 0.208. The molecule has 1 aliphatic rings. The van der Waals surface area contributed by atoms with Gasteiger partial charge in [-0.05, 0) is 43.0 Å². The van der Waals surface area contributed by atoms with Crippen LogP contribution in [-0.4, -0.2) is 33.3 Å². The van der Waals surface area contributed by atoms with Crippen molar-refractivity contribution in [3.63, 3.8) is 0 Å². The van der Waals surface area contributed by atoms with Gasteiger partial charge in [0.1, 0.15) is 0 Å². The van der Waals surface area contributed by atoms with Crippen LogP contribution in [0, 0.1) is 6.92 Å². The summed E-state index contributed by atoms with van der Waals surface area (Å²) in [6, 6.07) is 20.0. The zero-order valence-corrected chi connectivity index (χ0v) is 17.9. The predicted molar refractivity (Wildman–Crippen MR) is 121 cm³/mol. The van der Waals surface area contributed by atoms with Crippen molar-refractivity contribution in [2.45, 2.75) is 26.4 Å². The van der Waals surface area contributed by atoms with Gasteiger partial charge < -0.3 is 9.64 Å². The van der Waals surface area contributed by atoms with E-state index in [9.17, 15) is 4.79 Å². The molecule has 0 bridgehead atoms. The quantitative estimate of drug-likeness (QED) is 0.501. The Morgan fingerprint density at radius 2 is 1.84 bits per heavy atom. The molecule has 6 nitrogen and oxygen atoms in total. The van der Waals surface area contributed by atoms with Crippen LogP contribution in [0.4, 0.5) is 5.69 Å². The molecule has 0 saturated carbocycles. The molecule has 156 valence electrons. The van der Waals surface area contributed by atoms with Crippen LogP contribution < -0.4 is 9.64 Å². The molecule has 3 heterocycles. The van der Waals surface area contributed by atoms with Gasteiger partial charge in [0.2, 0.25) is 5.88 Å². The zero-order chi connectivity index (χ0) is 21.5. The van der Waals surface area contributed by atoms with Crippen molar-refractivity contribution >= 4 is 22.6 Å². The number of pyridine rings is 1. The van der Waals surface area contributed by atoms with Gasteiger partial charge in [0.05, 0.1) is 11.1 Å². The van der Waals surface area contributed by atoms with Crippen LogP contribution in [0.2, 0.25) is 0 Å². The first-order valence-electron chi connectivity index (χ1n) is 10.5. The van der Waals surface area contributed by atoms with Crippen molar-refractivity contribution in [1.82, 2.24) is 14.8 Å². The molecule has 0 fully saturated rings. The van der Waals surface area contributed by atoms with Crippen LogP contribution in [0.3, 0.4) is 0 Å². The third kappa shape index (κ3) is 3.34. The number of amides is 1. The van der Waals surface area contributed by atoms with Gasteiger partial charge in [0.25, 0.3) is 5.91 Å². The van der Waals surface area contributed by atoms with E-state index in [4.69, 9.17) is 4.74 Å². The number of hydrogen-bond donors (Lipinski definition) is 0. The Bertz CT molecular complexity index is 1280. The lowest BCUT2D eigenvalue weighted by Crippen LogP contribution is -2.39. The van der Waals surface area contributed by atoms with E-state index in [1.54, 1.807) is 11.6 Å². The topological polar surface area (TPSA) is 60.2 Å². The normalized spacial score (nSPS) is 14.0. The number of aryl methyl sites for hydroxylation is 2. The molecule has 0 aliphatic carbocycles. The summed E-state index contributed by atoms with van der Waals surface area (Å²) in [5.41, 5.74) is 5.87. The molecule has 1 amide bonds. The molecule has 5 rings (SSSR count). The highest BCUT2D eigenvalue weighted by atomic mass is 16.5. The number of hydrogen-bond acceptors (Lipinski definition) is 4. The maximum atomic E-state index is 13.2. The number of carbonyl (C=O) groups excluding carboxylic acids is 1. The van der Waals surface area contributed by atoms with Gasteiger partial charge in [-0.15, -0.1) is 0 Å². The molecule has 2 aromatic heterocycles. The van der Waals surface area contributed by atoms with Gasteiger partial charge in [-0.3, -0.25) is 9.48 Å². The Kier molecular flexibility index (Phi) is 4.70. The highest BCUT2D eigenvalue weighted by Crippen LogP contribution is 2.33. The van der Waals surface area contributed by atoms with Crippen molar-refractivity contribution in [1.29, 1.82) is 0 Å². The minimum absolute atomic E-state index is 0.0608. The molecular weight excluding hydrogens is 388 g/mol. The number of ether oxygens (including phenoxy) is 1. The fourth-order valence-corrected chi connectivity index (χ4v) is 4.35. The molecule has 0 unspecified atom stereocenters. The van der Waals surface area contributed by atoms with Gasteiger partial charge in [-0.1, -0.05) is 48.5 Å². The standard InChI is InChI=1S/C25H24N4O2/c1-16-23-20(18-9-5-4-6-10-18)15-22(26-24(23)28(3)27-16)31-17(2)25(30)29-14-13-19-11-7-8-12-21(19)29/h4-12,15,17H,13-14H2,1-3H3/t17-/m0/s1. The minimum Gasteiger partial charge on any atom is -0.464 e. The van der Waals surface area contributed by atoms with Crippen LogP contribution in [0.15, 0.2) is 60.7 Å². The van der Waals surface area contributed by atoms with Crippen LogP contribution in [0.25, 0.3) is 22.2 Å². The molecule has 0 spiro atoms. The van der Waals surface area contributed by atoms with Crippen molar-refractivity contribution in [3.8, 4) is 17.0 Å². The highest BCUT2D eigenvalue weighted by molar-refractivity contribution is 5.99. The Morgan fingerprint density at radius 1 is 1.10 bits per heavy atom. The molecule has 4 aromatic rings. The van der Waals surface area contributed by atoms with E-state index in [0.717, 1.165) is 40.0 Å². The van der Waals surface area contributed by atoms with Gasteiger partial charge >= 0.3 is 0 Å². The summed E-state index contributed by atoms with van der Waals surface area (Å²) >= 11 is 0. The number of nitrogens with zero attached hydrogens (tertiary/aromatic N) is 4. The summed E-state index contributed by atoms with van der Waals surface area (Å²) < 4.78 is 7.85. The number of carbonyl (C=O) groups is 1. The summed E-state index contributed by atoms with van der Waals surface area (Å²) in [6.45, 7) is 4.44. The molecule has 0 saturated heterocycles. The second-order valence-corrected chi connectivity index (χ2v) is 7.91. The van der Waals surface area contributed by atoms with E-state index in [1.807, 2.05) is 61.3 Å². The number of rotatable bonds is 4. The number of aromatic nitrogens is 3. The average Bonchev–Trinajstić information content (AvgIpc) is 3.34. The molecule has 1 atom stereocenters. The molecule has 2 aromatic carbocycles. The lowest BCUT2D eigenvalue weighted by atomic mass is 10.0. The van der Waals surface area contributed by atoms with Gasteiger partial charge in [-0.25, -0.2) is 0 Å². The molecule has 31 heavy (non-hydrogen) atoms. The second kappa shape index (κ2) is 7.54. The molecule has 0 radical (unpaired) electrons. The smallest absolute Gasteiger partial charge is 0.267 e. The molecular formula is C25H24N4O2. The molecule has 0 N–H and O–H groups in total. The van der Waals surface area contributed by atoms with Crippen LogP contribution in [-0.2, 0) is 18.3 Å². The van der Waals surface area contributed by atoms with E-state index in [-0.39, 0.29) is 5.91 Å². The van der Waals surface area contributed by atoms with E-state index >= 15 is 0 Å². The Hall–Kier alpha value is -3.67. The lowest BCUT2D eigenvalue weighted by molar-refractivity contribution is -0.124. The maximum absolute atomic E-state index is 13.2. The monoisotopic (exact) mass is 412 g/mol. The number of para-hydroxylation sites is 1. The van der Waals surface area contributed by atoms with Crippen molar-refractivity contribution in [2.24, 2.45) is 7.05 Å². The highest BCUT2D eigenvalue weighted by Gasteiger charge is 2.29. The summed E-state index contributed by atoms with van der Waals surface area (Å²) in [4.78, 5) is 19.7. The Labute approximate surface area is 181 Å². The van der Waals surface area contributed by atoms with Crippen molar-refractivity contribution < 1.29 is 9.53 Å². The van der Waals surface area contributed by atoms with Crippen molar-refractivity contribution in [3.05, 3.63) is 71.9 Å². The predicted octanol–water partition coefficient (Wildman–Crippen LogP) is 4.30. The van der Waals surface area contributed by atoms with E-state index in [1.165, 1.54) is 5.56 Å². The number of fused-ring (bicyclic) bond motifs is 2. The summed E-state index contributed by atoms with van der Waals surface area (Å²) in [5.74, 6) is 0.358. The van der Waals surface area contributed by atoms with E-state index < -0.39 is 6.10 Å². The van der Waals surface area contributed by atoms with Crippen LogP contribution in [0.5, 0.6) is 5.88 Å². The van der Waals surface area contributed by atoms with Crippen LogP contribution >= 0.6 is 0 Å². The largest absolute Gasteiger partial charge is 0.464 e. The Balaban J connectivity index is 1.50. The third-order valence-corrected chi connectivity index (χ3v) is 5.83. The number of anilines is 1. The second-order valence-electron chi connectivity index (χ2n) is 7.91. The average molecular weight is 412 g/mol. The van der Waals surface area contributed by atoms with Crippen LogP contribution in [0.1, 0.15) is 18.2 Å². The van der Waals surface area contributed by atoms with Crippen molar-refractivity contribution in [2.75, 3.05) is 11.4 Å². The molecule has 6 heteroatoms. The first-order chi connectivity index (χ1) is 15.0. The van der Waals surface area contributed by atoms with Gasteiger partial charge in [0, 0.05) is 25.3 Å². The summed E-state index contributed by atoms with van der Waals surface area (Å²) in [5, 5.41) is 5.54. The first-order valence-corrected chi connectivity index (χ1v) is 10.5. The summed E-state index contributed by atoms with van der Waals surface area (Å²) in [7, 11) is 1.87. The fourth-order valence-electron chi connectivity index (χ4n) is 4.35. The Morgan fingerprint density at radius 3 is 2.65 bits per heavy atom. The molecule has 1 aliphatic heterocycles. The van der Waals surface area contributed by atoms with E-state index in [0.29, 0.717) is 12.4 Å². The minimum atomic E-state index is -0.658. The first kappa shape index (κ1) is 19.3. The van der Waals surface area contributed by atoms with Gasteiger partial charge in [-0.2, -0.15) is 10.1 Å². The SMILES string of the molecule is Cc1nn(C)c2nc(O[C@@H](C)C(=O)N3CCc4ccccc43)cc(-c3ccccc3)c12. The maximum Gasteiger partial charge on any atom is 0.267 e. The number of benzene rings is 2. The van der Waals surface area contributed by atoms with E-state index in [2.05, 4.69) is 28.3 Å². The third-order valence-electron chi connectivity index (χ3n) is 5.83. The zero-order valence-electron chi connectivity index (χ0n) is 17.9. The lowest BCUT2D eigenvalue weighted by Gasteiger charge is -2.22. The fraction of sp³-hybridized carbons (Fsp3) is 0.240. The van der Waals surface area contributed by atoms with Gasteiger partial charge in [0.15, 0.2) is 11.8 Å².